The van der Waals surface area contributed by atoms with Gasteiger partial charge in [0.25, 0.3) is 0 Å². The highest BCUT2D eigenvalue weighted by atomic mass is 16.2. The summed E-state index contributed by atoms with van der Waals surface area (Å²) in [7, 11) is 1.62. The Balaban J connectivity index is 1.93. The molecule has 0 aromatic heterocycles. The topological polar surface area (TPSA) is 117 Å². The Hall–Kier alpha value is -3.81. The predicted octanol–water partition coefficient (Wildman–Crippen LogP) is 3.91. The number of amides is 3. The Morgan fingerprint density at radius 2 is 1.68 bits per heavy atom. The van der Waals surface area contributed by atoms with Gasteiger partial charge in [-0.15, -0.1) is 0 Å². The number of para-hydroxylation sites is 1. The highest BCUT2D eigenvalue weighted by Gasteiger charge is 2.27. The first-order valence-corrected chi connectivity index (χ1v) is 11.3. The molecule has 0 aliphatic carbocycles. The molecule has 1 atom stereocenters. The zero-order chi connectivity index (χ0) is 24.8. The molecule has 0 spiro atoms. The number of anilines is 1. The summed E-state index contributed by atoms with van der Waals surface area (Å²) < 4.78 is 0. The number of nitrogens with two attached hydrogens (primary N) is 1. The van der Waals surface area contributed by atoms with Crippen LogP contribution in [0.1, 0.15) is 50.3 Å². The molecule has 0 bridgehead atoms. The Morgan fingerprint density at radius 3 is 2.32 bits per heavy atom. The molecule has 0 saturated carbocycles. The van der Waals surface area contributed by atoms with Crippen LogP contribution >= 0.6 is 0 Å². The van der Waals surface area contributed by atoms with Crippen LogP contribution in [0, 0.1) is 5.92 Å². The van der Waals surface area contributed by atoms with Crippen molar-refractivity contribution in [3.8, 4) is 0 Å². The van der Waals surface area contributed by atoms with E-state index in [9.17, 15) is 14.4 Å². The van der Waals surface area contributed by atoms with Gasteiger partial charge in [-0.25, -0.2) is 0 Å². The average molecular weight is 462 g/mol. The van der Waals surface area contributed by atoms with E-state index >= 15 is 0 Å². The third-order valence-corrected chi connectivity index (χ3v) is 5.91. The number of benzene rings is 2. The number of primary amides is 1. The van der Waals surface area contributed by atoms with Crippen molar-refractivity contribution in [3.05, 3.63) is 65.2 Å². The number of hydrogen-bond acceptors (Lipinski definition) is 5. The summed E-state index contributed by atoms with van der Waals surface area (Å²) in [6.45, 7) is 5.97. The fourth-order valence-corrected chi connectivity index (χ4v) is 4.14. The van der Waals surface area contributed by atoms with Crippen LogP contribution in [0.4, 0.5) is 5.69 Å². The van der Waals surface area contributed by atoms with E-state index in [1.165, 1.54) is 0 Å². The van der Waals surface area contributed by atoms with Crippen LogP contribution in [-0.4, -0.2) is 30.8 Å². The molecule has 0 radical (unpaired) electrons. The minimum absolute atomic E-state index is 0.0146. The summed E-state index contributed by atoms with van der Waals surface area (Å²) in [5.41, 5.74) is 10.5. The molecule has 0 saturated heterocycles. The molecule has 8 heteroatoms. The van der Waals surface area contributed by atoms with Gasteiger partial charge in [-0.3, -0.25) is 14.4 Å². The predicted molar refractivity (Wildman–Crippen MR) is 133 cm³/mol. The third-order valence-electron chi connectivity index (χ3n) is 5.91. The number of allylic oxidation sites excluding steroid dienone is 1. The first kappa shape index (κ1) is 24.8. The van der Waals surface area contributed by atoms with Crippen molar-refractivity contribution >= 4 is 34.7 Å². The SMILES string of the molecule is CN=N/C1=C(\C)c2ccccc2CN(C(=O)CCC(=O)N[C@H](C(N)=O)C(C)C)c2ccccc21. The maximum absolute atomic E-state index is 13.4. The molecule has 8 nitrogen and oxygen atoms in total. The van der Waals surface area contributed by atoms with Gasteiger partial charge in [0.2, 0.25) is 17.7 Å². The number of nitrogens with one attached hydrogen (secondary N) is 1. The lowest BCUT2D eigenvalue weighted by molar-refractivity contribution is -0.129. The van der Waals surface area contributed by atoms with Crippen LogP contribution in [0.5, 0.6) is 0 Å². The van der Waals surface area contributed by atoms with Crippen molar-refractivity contribution in [1.82, 2.24) is 5.32 Å². The zero-order valence-corrected chi connectivity index (χ0v) is 20.0. The number of carbonyl (C=O) groups is 3. The monoisotopic (exact) mass is 461 g/mol. The van der Waals surface area contributed by atoms with Crippen molar-refractivity contribution in [2.75, 3.05) is 11.9 Å². The molecule has 3 amide bonds. The molecule has 2 aromatic rings. The van der Waals surface area contributed by atoms with Crippen LogP contribution in [0.25, 0.3) is 11.3 Å². The van der Waals surface area contributed by atoms with Crippen LogP contribution in [-0.2, 0) is 20.9 Å². The molecule has 3 N–H and O–H groups in total. The van der Waals surface area contributed by atoms with E-state index in [2.05, 4.69) is 15.5 Å². The summed E-state index contributed by atoms with van der Waals surface area (Å²) in [5, 5.41) is 11.1. The summed E-state index contributed by atoms with van der Waals surface area (Å²) in [6, 6.07) is 14.7. The molecule has 1 aliphatic heterocycles. The standard InChI is InChI=1S/C26H31N5O3/c1-16(2)24(26(27)34)29-22(32)13-14-23(33)31-15-18-9-5-6-10-19(18)17(3)25(30-28-4)20-11-7-8-12-21(20)31/h5-12,16,24H,13-15H2,1-4H3,(H2,27,34)(H,29,32)/b25-17+,30-28?/t24-/m0/s1. The van der Waals surface area contributed by atoms with Gasteiger partial charge in [0, 0.05) is 25.5 Å². The molecule has 1 aliphatic rings. The number of hydrogen-bond donors (Lipinski definition) is 2. The van der Waals surface area contributed by atoms with E-state index < -0.39 is 11.9 Å². The van der Waals surface area contributed by atoms with E-state index in [0.717, 1.165) is 22.3 Å². The van der Waals surface area contributed by atoms with Crippen LogP contribution < -0.4 is 16.0 Å². The first-order chi connectivity index (χ1) is 16.2. The number of rotatable bonds is 7. The number of carbonyl (C=O) groups excluding carboxylic acids is 3. The fraction of sp³-hybridized carbons (Fsp3) is 0.346. The van der Waals surface area contributed by atoms with Gasteiger partial charge < -0.3 is 16.0 Å². The second-order valence-electron chi connectivity index (χ2n) is 8.62. The lowest BCUT2D eigenvalue weighted by atomic mass is 9.93. The largest absolute Gasteiger partial charge is 0.368 e. The van der Waals surface area contributed by atoms with Crippen molar-refractivity contribution < 1.29 is 14.4 Å². The molecular formula is C26H31N5O3. The number of fused-ring (bicyclic) bond motifs is 2. The first-order valence-electron chi connectivity index (χ1n) is 11.3. The minimum Gasteiger partial charge on any atom is -0.368 e. The lowest BCUT2D eigenvalue weighted by Crippen LogP contribution is -2.47. The quantitative estimate of drug-likeness (QED) is 0.609. The number of nitrogens with zero attached hydrogens (tertiary/aromatic N) is 3. The Labute approximate surface area is 199 Å². The van der Waals surface area contributed by atoms with E-state index in [-0.39, 0.29) is 30.6 Å². The highest BCUT2D eigenvalue weighted by Crippen LogP contribution is 2.38. The molecule has 2 aromatic carbocycles. The average Bonchev–Trinajstić information content (AvgIpc) is 2.81. The maximum Gasteiger partial charge on any atom is 0.240 e. The Bertz CT molecular complexity index is 1150. The van der Waals surface area contributed by atoms with Gasteiger partial charge in [-0.05, 0) is 35.6 Å². The summed E-state index contributed by atoms with van der Waals surface area (Å²) in [4.78, 5) is 39.2. The van der Waals surface area contributed by atoms with Gasteiger partial charge in [-0.2, -0.15) is 10.2 Å². The third kappa shape index (κ3) is 5.39. The van der Waals surface area contributed by atoms with Gasteiger partial charge in [0.05, 0.1) is 17.9 Å². The summed E-state index contributed by atoms with van der Waals surface area (Å²) >= 11 is 0. The van der Waals surface area contributed by atoms with Crippen molar-refractivity contribution in [2.45, 2.75) is 46.2 Å². The molecule has 34 heavy (non-hydrogen) atoms. The summed E-state index contributed by atoms with van der Waals surface area (Å²) in [6.07, 6.45) is -0.0642. The van der Waals surface area contributed by atoms with Gasteiger partial charge in [-0.1, -0.05) is 56.3 Å². The van der Waals surface area contributed by atoms with Crippen LogP contribution in [0.15, 0.2) is 58.8 Å². The van der Waals surface area contributed by atoms with Crippen molar-refractivity contribution in [3.63, 3.8) is 0 Å². The second-order valence-corrected chi connectivity index (χ2v) is 8.62. The highest BCUT2D eigenvalue weighted by molar-refractivity contribution is 6.02. The minimum atomic E-state index is -0.771. The molecular weight excluding hydrogens is 430 g/mol. The maximum atomic E-state index is 13.4. The Morgan fingerprint density at radius 1 is 1.03 bits per heavy atom. The molecule has 1 heterocycles. The normalized spacial score (nSPS) is 16.4. The van der Waals surface area contributed by atoms with Gasteiger partial charge in [0.15, 0.2) is 0 Å². The Kier molecular flexibility index (Phi) is 7.94. The zero-order valence-electron chi connectivity index (χ0n) is 20.0. The lowest BCUT2D eigenvalue weighted by Gasteiger charge is -2.29. The smallest absolute Gasteiger partial charge is 0.240 e. The van der Waals surface area contributed by atoms with Crippen molar-refractivity contribution in [1.29, 1.82) is 0 Å². The number of azo groups is 1. The van der Waals surface area contributed by atoms with Crippen molar-refractivity contribution in [2.24, 2.45) is 21.9 Å². The fourth-order valence-electron chi connectivity index (χ4n) is 4.14. The van der Waals surface area contributed by atoms with Gasteiger partial charge in [0.1, 0.15) is 6.04 Å². The van der Waals surface area contributed by atoms with E-state index in [0.29, 0.717) is 17.9 Å². The van der Waals surface area contributed by atoms with E-state index in [4.69, 9.17) is 5.73 Å². The van der Waals surface area contributed by atoms with Gasteiger partial charge >= 0.3 is 0 Å². The van der Waals surface area contributed by atoms with E-state index in [1.54, 1.807) is 25.8 Å². The van der Waals surface area contributed by atoms with Crippen LogP contribution in [0.3, 0.4) is 0 Å². The molecule has 0 unspecified atom stereocenters. The van der Waals surface area contributed by atoms with Crippen LogP contribution in [0.2, 0.25) is 0 Å². The molecule has 178 valence electrons. The summed E-state index contributed by atoms with van der Waals surface area (Å²) in [5.74, 6) is -1.33. The van der Waals surface area contributed by atoms with E-state index in [1.807, 2.05) is 55.5 Å². The molecule has 0 fully saturated rings. The second kappa shape index (κ2) is 10.9. The molecule has 3 rings (SSSR count).